The maximum Gasteiger partial charge on any atom is 0.213 e. The number of hydrogen-bond acceptors (Lipinski definition) is 4. The molecule has 5 rings (SSSR count). The van der Waals surface area contributed by atoms with E-state index in [0.29, 0.717) is 17.3 Å². The monoisotopic (exact) mass is 484 g/mol. The highest BCUT2D eigenvalue weighted by atomic mass is 32.1. The molecule has 1 N–H and O–H groups in total. The summed E-state index contributed by atoms with van der Waals surface area (Å²) in [4.78, 5) is 6.96. The van der Waals surface area contributed by atoms with Crippen LogP contribution in [0.1, 0.15) is 59.1 Å². The minimum absolute atomic E-state index is 0.553. The van der Waals surface area contributed by atoms with Gasteiger partial charge in [0.2, 0.25) is 5.88 Å². The Balaban J connectivity index is 1.26. The van der Waals surface area contributed by atoms with Crippen molar-refractivity contribution >= 4 is 17.0 Å². The number of ether oxygens (including phenoxy) is 1. The molecule has 2 aliphatic rings. The zero-order valence-corrected chi connectivity index (χ0v) is 22.2. The van der Waals surface area contributed by atoms with E-state index in [9.17, 15) is 0 Å². The Labute approximate surface area is 214 Å². The molecule has 0 radical (unpaired) electrons. The van der Waals surface area contributed by atoms with Crippen LogP contribution in [-0.2, 0) is 6.42 Å². The van der Waals surface area contributed by atoms with Gasteiger partial charge < -0.3 is 10.1 Å². The lowest BCUT2D eigenvalue weighted by molar-refractivity contribution is -0.0310. The number of thiophene rings is 1. The molecule has 2 aliphatic carbocycles. The van der Waals surface area contributed by atoms with Gasteiger partial charge in [0, 0.05) is 39.3 Å². The zero-order valence-electron chi connectivity index (χ0n) is 21.4. The van der Waals surface area contributed by atoms with Crippen LogP contribution in [-0.4, -0.2) is 18.1 Å². The molecule has 182 valence electrons. The molecule has 0 unspecified atom stereocenters. The van der Waals surface area contributed by atoms with Crippen LogP contribution in [0.4, 0.5) is 0 Å². The summed E-state index contributed by atoms with van der Waals surface area (Å²) in [6.45, 7) is 15.3. The molecule has 1 spiro atoms. The van der Waals surface area contributed by atoms with Crippen molar-refractivity contribution in [3.63, 3.8) is 0 Å². The number of benzene rings is 1. The van der Waals surface area contributed by atoms with Gasteiger partial charge in [0.25, 0.3) is 0 Å². The summed E-state index contributed by atoms with van der Waals surface area (Å²) in [6, 6.07) is 13.4. The first-order valence-electron chi connectivity index (χ1n) is 12.6. The van der Waals surface area contributed by atoms with Crippen molar-refractivity contribution in [3.05, 3.63) is 87.8 Å². The highest BCUT2D eigenvalue weighted by Gasteiger charge is 2.52. The fraction of sp³-hybridized carbons (Fsp3) is 0.387. The lowest BCUT2D eigenvalue weighted by Gasteiger charge is -2.58. The number of aryl methyl sites for hydroxylation is 2. The van der Waals surface area contributed by atoms with Crippen LogP contribution < -0.4 is 10.1 Å². The number of methoxy groups -OCH3 is 1. The second-order valence-electron chi connectivity index (χ2n) is 10.7. The molecule has 2 aromatic heterocycles. The van der Waals surface area contributed by atoms with Crippen molar-refractivity contribution in [1.29, 1.82) is 0 Å². The third kappa shape index (κ3) is 4.69. The fourth-order valence-corrected chi connectivity index (χ4v) is 7.24. The van der Waals surface area contributed by atoms with Gasteiger partial charge in [-0.1, -0.05) is 43.0 Å². The molecule has 3 aromatic rings. The third-order valence-electron chi connectivity index (χ3n) is 8.09. The lowest BCUT2D eigenvalue weighted by Crippen LogP contribution is -2.54. The predicted octanol–water partition coefficient (Wildman–Crippen LogP) is 7.72. The van der Waals surface area contributed by atoms with Crippen molar-refractivity contribution in [1.82, 2.24) is 10.3 Å². The summed E-state index contributed by atoms with van der Waals surface area (Å²) >= 11 is 1.89. The number of nitrogens with zero attached hydrogens (tertiary/aromatic N) is 1. The summed E-state index contributed by atoms with van der Waals surface area (Å²) in [7, 11) is 1.65. The number of pyridine rings is 1. The lowest BCUT2D eigenvalue weighted by atomic mass is 9.49. The second-order valence-corrected chi connectivity index (χ2v) is 12.1. The van der Waals surface area contributed by atoms with E-state index in [-0.39, 0.29) is 0 Å². The minimum atomic E-state index is 0.553. The number of allylic oxidation sites excluding steroid dienone is 1. The van der Waals surface area contributed by atoms with Crippen molar-refractivity contribution in [2.24, 2.45) is 11.3 Å². The first-order valence-corrected chi connectivity index (χ1v) is 13.4. The Bertz CT molecular complexity index is 1260. The van der Waals surface area contributed by atoms with E-state index in [4.69, 9.17) is 4.74 Å². The van der Waals surface area contributed by atoms with Gasteiger partial charge in [-0.25, -0.2) is 4.98 Å². The van der Waals surface area contributed by atoms with Crippen molar-refractivity contribution < 1.29 is 4.74 Å². The van der Waals surface area contributed by atoms with Gasteiger partial charge in [-0.15, -0.1) is 11.3 Å². The van der Waals surface area contributed by atoms with Crippen LogP contribution in [0.2, 0.25) is 0 Å². The Morgan fingerprint density at radius 3 is 2.43 bits per heavy atom. The molecular formula is C31H36N2OS. The predicted molar refractivity (Wildman–Crippen MR) is 148 cm³/mol. The Hall–Kier alpha value is -2.85. The zero-order chi connectivity index (χ0) is 24.7. The summed E-state index contributed by atoms with van der Waals surface area (Å²) in [5.41, 5.74) is 9.36. The average molecular weight is 485 g/mol. The van der Waals surface area contributed by atoms with Gasteiger partial charge in [0.1, 0.15) is 0 Å². The topological polar surface area (TPSA) is 34.2 Å². The normalized spacial score (nSPS) is 22.9. The Morgan fingerprint density at radius 2 is 1.77 bits per heavy atom. The van der Waals surface area contributed by atoms with Crippen LogP contribution in [0.25, 0.3) is 16.8 Å². The van der Waals surface area contributed by atoms with Crippen LogP contribution in [0, 0.1) is 25.2 Å². The quantitative estimate of drug-likeness (QED) is 0.332. The van der Waals surface area contributed by atoms with Crippen molar-refractivity contribution in [3.8, 4) is 17.0 Å². The Kier molecular flexibility index (Phi) is 6.35. The molecule has 0 amide bonds. The number of aromatic nitrogens is 1. The fourth-order valence-electron chi connectivity index (χ4n) is 6.13. The van der Waals surface area contributed by atoms with Gasteiger partial charge >= 0.3 is 0 Å². The van der Waals surface area contributed by atoms with E-state index < -0.39 is 0 Å². The van der Waals surface area contributed by atoms with Gasteiger partial charge in [-0.05, 0) is 92.5 Å². The molecule has 2 saturated carbocycles. The van der Waals surface area contributed by atoms with Crippen LogP contribution in [0.15, 0.2) is 61.3 Å². The number of rotatable bonds is 8. The van der Waals surface area contributed by atoms with E-state index in [1.807, 2.05) is 23.5 Å². The van der Waals surface area contributed by atoms with E-state index in [0.717, 1.165) is 23.6 Å². The third-order valence-corrected chi connectivity index (χ3v) is 9.15. The molecule has 0 aliphatic heterocycles. The summed E-state index contributed by atoms with van der Waals surface area (Å²) in [5.74, 6) is 1.39. The summed E-state index contributed by atoms with van der Waals surface area (Å²) in [5, 5.41) is 3.79. The molecule has 0 bridgehead atoms. The van der Waals surface area contributed by atoms with Gasteiger partial charge in [0.15, 0.2) is 0 Å². The molecule has 35 heavy (non-hydrogen) atoms. The first-order chi connectivity index (χ1) is 16.8. The molecular weight excluding hydrogens is 448 g/mol. The molecule has 3 nitrogen and oxygen atoms in total. The van der Waals surface area contributed by atoms with Crippen LogP contribution in [0.5, 0.6) is 5.88 Å². The van der Waals surface area contributed by atoms with E-state index in [1.54, 1.807) is 13.3 Å². The van der Waals surface area contributed by atoms with Crippen LogP contribution >= 0.6 is 11.3 Å². The van der Waals surface area contributed by atoms with Gasteiger partial charge in [0.05, 0.1) is 7.11 Å². The molecule has 2 fully saturated rings. The van der Waals surface area contributed by atoms with Crippen molar-refractivity contribution in [2.75, 3.05) is 7.11 Å². The minimum Gasteiger partial charge on any atom is -0.481 e. The number of hydrogen-bond donors (Lipinski definition) is 1. The van der Waals surface area contributed by atoms with Crippen LogP contribution in [0.3, 0.4) is 0 Å². The van der Waals surface area contributed by atoms with Crippen molar-refractivity contribution in [2.45, 2.75) is 58.9 Å². The van der Waals surface area contributed by atoms with Gasteiger partial charge in [-0.2, -0.15) is 0 Å². The summed E-state index contributed by atoms with van der Waals surface area (Å²) < 4.78 is 5.28. The maximum absolute atomic E-state index is 5.28. The molecule has 2 heterocycles. The van der Waals surface area contributed by atoms with Gasteiger partial charge in [-0.3, -0.25) is 0 Å². The maximum atomic E-state index is 5.28. The molecule has 1 aromatic carbocycles. The van der Waals surface area contributed by atoms with E-state index in [2.05, 4.69) is 68.5 Å². The smallest absolute Gasteiger partial charge is 0.213 e. The second kappa shape index (κ2) is 9.31. The van der Waals surface area contributed by atoms with E-state index >= 15 is 0 Å². The molecule has 0 atom stereocenters. The standard InChI is InChI=1S/C31H36N2OS/c1-19(2)26-15-31(16-26)17-27(18-31)33-20(3)30-22(5)35-21(4)28(30)13-23-7-9-24(10-8-23)25-11-12-32-29(14-25)34-6/h7-12,14,26-27,33H,1,3,13,15-18H2,2,4-6H3. The largest absolute Gasteiger partial charge is 0.481 e. The molecule has 0 saturated heterocycles. The average Bonchev–Trinajstić information content (AvgIpc) is 3.07. The molecule has 4 heteroatoms. The highest BCUT2D eigenvalue weighted by Crippen LogP contribution is 2.60. The van der Waals surface area contributed by atoms with E-state index in [1.165, 1.54) is 63.3 Å². The highest BCUT2D eigenvalue weighted by molar-refractivity contribution is 7.12. The summed E-state index contributed by atoms with van der Waals surface area (Å²) in [6.07, 6.45) is 7.91. The number of nitrogens with one attached hydrogen (secondary N) is 1. The SMILES string of the molecule is C=C(NC1CC2(C1)CC(C(=C)C)C2)c1c(C)sc(C)c1Cc1ccc(-c2ccnc(OC)c2)cc1. The Morgan fingerprint density at radius 1 is 1.06 bits per heavy atom. The first kappa shape index (κ1) is 23.9.